The summed E-state index contributed by atoms with van der Waals surface area (Å²) in [6.07, 6.45) is 0.924. The predicted molar refractivity (Wildman–Crippen MR) is 102 cm³/mol. The number of non-ortho nitro benzene ring substituents is 1. The number of nitro groups is 1. The van der Waals surface area contributed by atoms with Crippen LogP contribution in [0.1, 0.15) is 6.92 Å². The minimum Gasteiger partial charge on any atom is -0.492 e. The Kier molecular flexibility index (Phi) is 6.35. The van der Waals surface area contributed by atoms with Crippen LogP contribution in [-0.4, -0.2) is 38.7 Å². The summed E-state index contributed by atoms with van der Waals surface area (Å²) in [5.41, 5.74) is 0.153. The van der Waals surface area contributed by atoms with Crippen LogP contribution in [0, 0.1) is 10.1 Å². The van der Waals surface area contributed by atoms with E-state index >= 15 is 0 Å². The van der Waals surface area contributed by atoms with Crippen LogP contribution < -0.4 is 14.4 Å². The molecule has 1 N–H and O–H groups in total. The summed E-state index contributed by atoms with van der Waals surface area (Å²) in [6.45, 7) is 1.66. The fourth-order valence-corrected chi connectivity index (χ4v) is 3.18. The zero-order valence-corrected chi connectivity index (χ0v) is 15.6. The second kappa shape index (κ2) is 8.49. The number of nitrogens with one attached hydrogen (secondary N) is 1. The zero-order chi connectivity index (χ0) is 20.0. The molecule has 0 aliphatic rings. The Morgan fingerprint density at radius 1 is 1.22 bits per heavy atom. The van der Waals surface area contributed by atoms with E-state index in [4.69, 9.17) is 4.74 Å². The normalized spacial score (nSPS) is 10.9. The zero-order valence-electron chi connectivity index (χ0n) is 14.8. The third kappa shape index (κ3) is 5.42. The van der Waals surface area contributed by atoms with Crippen molar-refractivity contribution in [3.8, 4) is 5.75 Å². The summed E-state index contributed by atoms with van der Waals surface area (Å²) in [5.74, 6) is -0.159. The van der Waals surface area contributed by atoms with E-state index in [0.717, 1.165) is 16.6 Å². The van der Waals surface area contributed by atoms with Crippen LogP contribution >= 0.6 is 0 Å². The number of para-hydroxylation sites is 2. The number of hydrogen-bond acceptors (Lipinski definition) is 6. The largest absolute Gasteiger partial charge is 0.492 e. The van der Waals surface area contributed by atoms with Gasteiger partial charge in [0.1, 0.15) is 12.3 Å². The molecule has 0 unspecified atom stereocenters. The minimum atomic E-state index is -3.85. The molecule has 1 amide bonds. The molecule has 0 heterocycles. The SMILES string of the molecule is CCOc1ccccc1NC(=O)CN(c1cccc([N+](=O)[O-])c1)S(C)(=O)=O. The van der Waals surface area contributed by atoms with E-state index in [1.165, 1.54) is 18.2 Å². The van der Waals surface area contributed by atoms with Crippen molar-refractivity contribution in [3.05, 3.63) is 58.6 Å². The second-order valence-electron chi connectivity index (χ2n) is 5.52. The molecule has 0 atom stereocenters. The number of carbonyl (C=O) groups excluding carboxylic acids is 1. The molecule has 0 aliphatic carbocycles. The lowest BCUT2D eigenvalue weighted by Crippen LogP contribution is -2.37. The second-order valence-corrected chi connectivity index (χ2v) is 7.43. The molecular formula is C17H19N3O6S. The Balaban J connectivity index is 2.26. The van der Waals surface area contributed by atoms with Crippen molar-refractivity contribution in [2.75, 3.05) is 29.0 Å². The van der Waals surface area contributed by atoms with Gasteiger partial charge in [-0.1, -0.05) is 18.2 Å². The highest BCUT2D eigenvalue weighted by atomic mass is 32.2. The van der Waals surface area contributed by atoms with E-state index in [9.17, 15) is 23.3 Å². The number of sulfonamides is 1. The highest BCUT2D eigenvalue weighted by Crippen LogP contribution is 2.25. The third-order valence-corrected chi connectivity index (χ3v) is 4.62. The Labute approximate surface area is 156 Å². The first-order chi connectivity index (χ1) is 12.7. The first-order valence-corrected chi connectivity index (χ1v) is 9.81. The smallest absolute Gasteiger partial charge is 0.271 e. The summed E-state index contributed by atoms with van der Waals surface area (Å²) < 4.78 is 30.5. The monoisotopic (exact) mass is 393 g/mol. The fraction of sp³-hybridized carbons (Fsp3) is 0.235. The van der Waals surface area contributed by atoms with E-state index in [2.05, 4.69) is 5.32 Å². The molecule has 0 spiro atoms. The van der Waals surface area contributed by atoms with E-state index in [1.807, 2.05) is 0 Å². The van der Waals surface area contributed by atoms with Crippen molar-refractivity contribution in [3.63, 3.8) is 0 Å². The van der Waals surface area contributed by atoms with Crippen molar-refractivity contribution in [2.45, 2.75) is 6.92 Å². The van der Waals surface area contributed by atoms with Crippen LogP contribution in [0.3, 0.4) is 0 Å². The van der Waals surface area contributed by atoms with Crippen molar-refractivity contribution in [2.24, 2.45) is 0 Å². The maximum atomic E-state index is 12.4. The molecule has 2 rings (SSSR count). The van der Waals surface area contributed by atoms with Crippen molar-refractivity contribution in [1.82, 2.24) is 0 Å². The molecule has 144 valence electrons. The Bertz CT molecular complexity index is 945. The predicted octanol–water partition coefficient (Wildman–Crippen LogP) is 2.40. The van der Waals surface area contributed by atoms with Crippen LogP contribution in [0.4, 0.5) is 17.1 Å². The number of hydrogen-bond donors (Lipinski definition) is 1. The lowest BCUT2D eigenvalue weighted by molar-refractivity contribution is -0.384. The lowest BCUT2D eigenvalue weighted by atomic mass is 10.2. The van der Waals surface area contributed by atoms with Gasteiger partial charge in [0.25, 0.3) is 5.69 Å². The number of ether oxygens (including phenoxy) is 1. The molecule has 10 heteroatoms. The van der Waals surface area contributed by atoms with E-state index in [-0.39, 0.29) is 11.4 Å². The lowest BCUT2D eigenvalue weighted by Gasteiger charge is -2.22. The average molecular weight is 393 g/mol. The van der Waals surface area contributed by atoms with Gasteiger partial charge < -0.3 is 10.1 Å². The molecule has 9 nitrogen and oxygen atoms in total. The number of anilines is 2. The Morgan fingerprint density at radius 3 is 2.56 bits per heavy atom. The minimum absolute atomic E-state index is 0.0277. The van der Waals surface area contributed by atoms with Gasteiger partial charge in [-0.25, -0.2) is 8.42 Å². The topological polar surface area (TPSA) is 119 Å². The van der Waals surface area contributed by atoms with E-state index in [0.29, 0.717) is 18.0 Å². The quantitative estimate of drug-likeness (QED) is 0.543. The van der Waals surface area contributed by atoms with Crippen LogP contribution in [-0.2, 0) is 14.8 Å². The summed E-state index contributed by atoms with van der Waals surface area (Å²) in [5, 5.41) is 13.5. The van der Waals surface area contributed by atoms with Gasteiger partial charge in [0.15, 0.2) is 0 Å². The molecule has 0 radical (unpaired) electrons. The average Bonchev–Trinajstić information content (AvgIpc) is 2.60. The number of amides is 1. The van der Waals surface area contributed by atoms with Gasteiger partial charge in [-0.2, -0.15) is 0 Å². The number of nitro benzene ring substituents is 1. The first-order valence-electron chi connectivity index (χ1n) is 7.96. The molecule has 2 aromatic carbocycles. The van der Waals surface area contributed by atoms with Gasteiger partial charge in [0.2, 0.25) is 15.9 Å². The van der Waals surface area contributed by atoms with Gasteiger partial charge in [0.05, 0.1) is 29.2 Å². The molecule has 0 aliphatic heterocycles. The molecule has 0 fully saturated rings. The fourth-order valence-electron chi connectivity index (χ4n) is 2.33. The Morgan fingerprint density at radius 2 is 1.93 bits per heavy atom. The van der Waals surface area contributed by atoms with Crippen molar-refractivity contribution in [1.29, 1.82) is 0 Å². The molecule has 0 saturated heterocycles. The summed E-state index contributed by atoms with van der Waals surface area (Å²) >= 11 is 0. The molecule has 0 aromatic heterocycles. The van der Waals surface area contributed by atoms with Gasteiger partial charge in [0, 0.05) is 12.1 Å². The highest BCUT2D eigenvalue weighted by molar-refractivity contribution is 7.92. The third-order valence-electron chi connectivity index (χ3n) is 3.48. The van der Waals surface area contributed by atoms with Gasteiger partial charge in [-0.05, 0) is 25.1 Å². The van der Waals surface area contributed by atoms with Gasteiger partial charge in [-0.3, -0.25) is 19.2 Å². The molecule has 2 aromatic rings. The maximum Gasteiger partial charge on any atom is 0.271 e. The standard InChI is InChI=1S/C17H19N3O6S/c1-3-26-16-10-5-4-9-15(16)18-17(21)12-19(27(2,24)25)13-7-6-8-14(11-13)20(22)23/h4-11H,3,12H2,1-2H3,(H,18,21). The highest BCUT2D eigenvalue weighted by Gasteiger charge is 2.23. The van der Waals surface area contributed by atoms with Crippen molar-refractivity contribution < 1.29 is 22.9 Å². The maximum absolute atomic E-state index is 12.4. The van der Waals surface area contributed by atoms with E-state index < -0.39 is 27.4 Å². The number of nitrogens with zero attached hydrogens (tertiary/aromatic N) is 2. The van der Waals surface area contributed by atoms with Crippen LogP contribution in [0.5, 0.6) is 5.75 Å². The van der Waals surface area contributed by atoms with Gasteiger partial charge >= 0.3 is 0 Å². The first kappa shape index (κ1) is 20.2. The van der Waals surface area contributed by atoms with E-state index in [1.54, 1.807) is 31.2 Å². The summed E-state index contributed by atoms with van der Waals surface area (Å²) in [7, 11) is -3.85. The van der Waals surface area contributed by atoms with Crippen LogP contribution in [0.2, 0.25) is 0 Å². The summed E-state index contributed by atoms with van der Waals surface area (Å²) in [6, 6.07) is 11.8. The summed E-state index contributed by atoms with van der Waals surface area (Å²) in [4.78, 5) is 22.7. The number of rotatable bonds is 8. The van der Waals surface area contributed by atoms with Crippen molar-refractivity contribution >= 4 is 33.0 Å². The molecule has 0 bridgehead atoms. The van der Waals surface area contributed by atoms with Crippen LogP contribution in [0.15, 0.2) is 48.5 Å². The Hall–Kier alpha value is -3.14. The molecule has 0 saturated carbocycles. The van der Waals surface area contributed by atoms with Crippen LogP contribution in [0.25, 0.3) is 0 Å². The molecule has 27 heavy (non-hydrogen) atoms. The van der Waals surface area contributed by atoms with Gasteiger partial charge in [-0.15, -0.1) is 0 Å². The number of benzene rings is 2. The molecular weight excluding hydrogens is 374 g/mol. The number of carbonyl (C=O) groups is 1.